The highest BCUT2D eigenvalue weighted by atomic mass is 16.5. The number of rotatable bonds is 5. The van der Waals surface area contributed by atoms with Gasteiger partial charge in [0.2, 0.25) is 5.95 Å². The van der Waals surface area contributed by atoms with E-state index in [4.69, 9.17) is 15.2 Å². The molecule has 1 aromatic carbocycles. The highest BCUT2D eigenvalue weighted by Gasteiger charge is 2.18. The molecular formula is C17H22N4O2. The average Bonchev–Trinajstić information content (AvgIpc) is 3.15. The van der Waals surface area contributed by atoms with Gasteiger partial charge in [-0.15, -0.1) is 0 Å². The minimum Gasteiger partial charge on any atom is -0.493 e. The van der Waals surface area contributed by atoms with Crippen molar-refractivity contribution in [1.82, 2.24) is 9.66 Å². The standard InChI is InChI=1S/C17H22N4O2/c1-12-11-21(17(18)20-12)19-10-13-7-8-15(22-2)16(9-13)23-14-5-3-4-6-14/h7-11,14H,3-6H2,1-2H3,(H2,18,20). The van der Waals surface area contributed by atoms with E-state index in [2.05, 4.69) is 10.1 Å². The number of ether oxygens (including phenoxy) is 2. The maximum absolute atomic E-state index is 6.09. The van der Waals surface area contributed by atoms with Crippen LogP contribution in [0.25, 0.3) is 0 Å². The maximum atomic E-state index is 6.09. The Bertz CT molecular complexity index is 703. The predicted molar refractivity (Wildman–Crippen MR) is 90.2 cm³/mol. The second-order valence-corrected chi connectivity index (χ2v) is 5.76. The number of nitrogens with zero attached hydrogens (tertiary/aromatic N) is 3. The summed E-state index contributed by atoms with van der Waals surface area (Å²) in [5.74, 6) is 1.87. The number of nitrogen functional groups attached to an aromatic ring is 1. The van der Waals surface area contributed by atoms with Crippen molar-refractivity contribution in [2.45, 2.75) is 38.7 Å². The average molecular weight is 314 g/mol. The Hall–Kier alpha value is -2.50. The third-order valence-electron chi connectivity index (χ3n) is 3.95. The molecule has 2 aromatic rings. The van der Waals surface area contributed by atoms with Crippen LogP contribution in [-0.2, 0) is 0 Å². The minimum absolute atomic E-state index is 0.281. The summed E-state index contributed by atoms with van der Waals surface area (Å²) in [6, 6.07) is 5.78. The molecule has 0 amide bonds. The van der Waals surface area contributed by atoms with Gasteiger partial charge in [0.25, 0.3) is 0 Å². The number of nitrogens with two attached hydrogens (primary N) is 1. The fourth-order valence-corrected chi connectivity index (χ4v) is 2.78. The molecule has 2 N–H and O–H groups in total. The van der Waals surface area contributed by atoms with Crippen LogP contribution in [0.15, 0.2) is 29.5 Å². The largest absolute Gasteiger partial charge is 0.493 e. The van der Waals surface area contributed by atoms with Crippen LogP contribution in [0.5, 0.6) is 11.5 Å². The van der Waals surface area contributed by atoms with E-state index >= 15 is 0 Å². The highest BCUT2D eigenvalue weighted by Crippen LogP contribution is 2.32. The molecule has 0 radical (unpaired) electrons. The van der Waals surface area contributed by atoms with Gasteiger partial charge in [0, 0.05) is 0 Å². The van der Waals surface area contributed by atoms with E-state index < -0.39 is 0 Å². The molecule has 1 aliphatic rings. The van der Waals surface area contributed by atoms with Crippen LogP contribution in [-0.4, -0.2) is 29.1 Å². The maximum Gasteiger partial charge on any atom is 0.221 e. The predicted octanol–water partition coefficient (Wildman–Crippen LogP) is 2.99. The van der Waals surface area contributed by atoms with Crippen molar-refractivity contribution in [2.75, 3.05) is 12.8 Å². The lowest BCUT2D eigenvalue weighted by Gasteiger charge is -2.16. The van der Waals surface area contributed by atoms with Crippen LogP contribution in [0.3, 0.4) is 0 Å². The van der Waals surface area contributed by atoms with Gasteiger partial charge in [-0.05, 0) is 56.4 Å². The van der Waals surface area contributed by atoms with E-state index in [1.165, 1.54) is 12.8 Å². The van der Waals surface area contributed by atoms with Gasteiger partial charge in [-0.1, -0.05) is 0 Å². The summed E-state index contributed by atoms with van der Waals surface area (Å²) < 4.78 is 13.0. The van der Waals surface area contributed by atoms with E-state index in [-0.39, 0.29) is 6.10 Å². The molecule has 1 aromatic heterocycles. The van der Waals surface area contributed by atoms with Gasteiger partial charge in [-0.25, -0.2) is 9.66 Å². The van der Waals surface area contributed by atoms with E-state index in [0.29, 0.717) is 5.95 Å². The summed E-state index contributed by atoms with van der Waals surface area (Å²) in [7, 11) is 1.65. The molecule has 23 heavy (non-hydrogen) atoms. The third-order valence-corrected chi connectivity index (χ3v) is 3.95. The molecule has 6 nitrogen and oxygen atoms in total. The minimum atomic E-state index is 0.281. The molecule has 0 spiro atoms. The van der Waals surface area contributed by atoms with E-state index in [9.17, 15) is 0 Å². The van der Waals surface area contributed by atoms with Crippen LogP contribution in [0.4, 0.5) is 5.95 Å². The van der Waals surface area contributed by atoms with Gasteiger partial charge >= 0.3 is 0 Å². The van der Waals surface area contributed by atoms with Gasteiger partial charge in [-0.3, -0.25) is 0 Å². The zero-order chi connectivity index (χ0) is 16.2. The first kappa shape index (κ1) is 15.4. The zero-order valence-electron chi connectivity index (χ0n) is 13.5. The van der Waals surface area contributed by atoms with Crippen LogP contribution >= 0.6 is 0 Å². The second kappa shape index (κ2) is 6.73. The van der Waals surface area contributed by atoms with Crippen molar-refractivity contribution in [3.05, 3.63) is 35.7 Å². The second-order valence-electron chi connectivity index (χ2n) is 5.76. The molecule has 1 aliphatic carbocycles. The van der Waals surface area contributed by atoms with Crippen molar-refractivity contribution in [1.29, 1.82) is 0 Å². The number of anilines is 1. The molecule has 122 valence electrons. The first-order chi connectivity index (χ1) is 11.2. The monoisotopic (exact) mass is 314 g/mol. The molecule has 0 saturated heterocycles. The van der Waals surface area contributed by atoms with E-state index in [0.717, 1.165) is 35.6 Å². The fourth-order valence-electron chi connectivity index (χ4n) is 2.78. The Balaban J connectivity index is 1.80. The number of benzene rings is 1. The molecule has 0 unspecified atom stereocenters. The molecule has 1 fully saturated rings. The van der Waals surface area contributed by atoms with Crippen molar-refractivity contribution in [3.63, 3.8) is 0 Å². The lowest BCUT2D eigenvalue weighted by Crippen LogP contribution is -2.11. The molecule has 6 heteroatoms. The Kier molecular flexibility index (Phi) is 4.50. The third kappa shape index (κ3) is 3.64. The smallest absolute Gasteiger partial charge is 0.221 e. The first-order valence-electron chi connectivity index (χ1n) is 7.86. The van der Waals surface area contributed by atoms with Crippen molar-refractivity contribution < 1.29 is 9.47 Å². The SMILES string of the molecule is COc1ccc(C=Nn2cc(C)nc2N)cc1OC1CCCC1. The summed E-state index contributed by atoms with van der Waals surface area (Å²) >= 11 is 0. The van der Waals surface area contributed by atoms with Crippen molar-refractivity contribution in [3.8, 4) is 11.5 Å². The van der Waals surface area contributed by atoms with E-state index in [1.807, 2.05) is 25.1 Å². The van der Waals surface area contributed by atoms with Crippen LogP contribution in [0.1, 0.15) is 36.9 Å². The first-order valence-corrected chi connectivity index (χ1v) is 7.86. The molecule has 1 saturated carbocycles. The van der Waals surface area contributed by atoms with Gasteiger partial charge in [0.1, 0.15) is 0 Å². The molecule has 0 aliphatic heterocycles. The number of hydrogen-bond donors (Lipinski definition) is 1. The van der Waals surface area contributed by atoms with Crippen molar-refractivity contribution in [2.24, 2.45) is 5.10 Å². The highest BCUT2D eigenvalue weighted by molar-refractivity contribution is 5.81. The summed E-state index contributed by atoms with van der Waals surface area (Å²) in [4.78, 5) is 4.12. The van der Waals surface area contributed by atoms with Crippen LogP contribution in [0.2, 0.25) is 0 Å². The summed E-state index contributed by atoms with van der Waals surface area (Å²) in [5, 5.41) is 4.33. The lowest BCUT2D eigenvalue weighted by molar-refractivity contribution is 0.201. The lowest BCUT2D eigenvalue weighted by atomic mass is 10.2. The number of aryl methyl sites for hydroxylation is 1. The van der Waals surface area contributed by atoms with Crippen LogP contribution < -0.4 is 15.2 Å². The molecule has 0 bridgehead atoms. The molecule has 3 rings (SSSR count). The quantitative estimate of drug-likeness (QED) is 0.861. The number of hydrogen-bond acceptors (Lipinski definition) is 5. The Morgan fingerprint density at radius 3 is 2.74 bits per heavy atom. The Labute approximate surface area is 135 Å². The number of imidazole rings is 1. The molecule has 1 heterocycles. The van der Waals surface area contributed by atoms with Gasteiger partial charge < -0.3 is 15.2 Å². The van der Waals surface area contributed by atoms with E-state index in [1.54, 1.807) is 24.2 Å². The Morgan fingerprint density at radius 1 is 1.30 bits per heavy atom. The fraction of sp³-hybridized carbons (Fsp3) is 0.412. The van der Waals surface area contributed by atoms with Gasteiger partial charge in [0.15, 0.2) is 11.5 Å². The topological polar surface area (TPSA) is 74.7 Å². The van der Waals surface area contributed by atoms with Crippen molar-refractivity contribution >= 4 is 12.2 Å². The summed E-state index contributed by atoms with van der Waals surface area (Å²) in [6.45, 7) is 1.88. The Morgan fingerprint density at radius 2 is 2.09 bits per heavy atom. The number of methoxy groups -OCH3 is 1. The normalized spacial score (nSPS) is 15.4. The molecular weight excluding hydrogens is 292 g/mol. The number of aromatic nitrogens is 2. The summed E-state index contributed by atoms with van der Waals surface area (Å²) in [5.41, 5.74) is 7.54. The zero-order valence-corrected chi connectivity index (χ0v) is 13.5. The van der Waals surface area contributed by atoms with Gasteiger partial charge in [-0.2, -0.15) is 5.10 Å². The van der Waals surface area contributed by atoms with Crippen LogP contribution in [0, 0.1) is 6.92 Å². The van der Waals surface area contributed by atoms with Gasteiger partial charge in [0.05, 0.1) is 31.3 Å². The molecule has 0 atom stereocenters. The summed E-state index contributed by atoms with van der Waals surface area (Å²) in [6.07, 6.45) is 8.46.